The molecule has 3 rings (SSSR count). The van der Waals surface area contributed by atoms with Crippen LogP contribution in [0, 0.1) is 0 Å². The lowest BCUT2D eigenvalue weighted by Gasteiger charge is -2.14. The van der Waals surface area contributed by atoms with Gasteiger partial charge in [-0.15, -0.1) is 0 Å². The molecule has 0 saturated heterocycles. The van der Waals surface area contributed by atoms with Crippen molar-refractivity contribution in [1.29, 1.82) is 0 Å². The maximum atomic E-state index is 12.1. The molecule has 1 heterocycles. The van der Waals surface area contributed by atoms with E-state index < -0.39 is 24.5 Å². The van der Waals surface area contributed by atoms with Gasteiger partial charge in [0.25, 0.3) is 11.8 Å². The van der Waals surface area contributed by atoms with Crippen LogP contribution in [0.4, 0.5) is 0 Å². The zero-order valence-corrected chi connectivity index (χ0v) is 13.1. The molecule has 2 aromatic rings. The highest BCUT2D eigenvalue weighted by Crippen LogP contribution is 2.24. The lowest BCUT2D eigenvalue weighted by Crippen LogP contribution is -2.33. The Morgan fingerprint density at radius 1 is 1.00 bits per heavy atom. The fourth-order valence-electron chi connectivity index (χ4n) is 2.21. The molecule has 0 saturated carbocycles. The molecule has 0 spiro atoms. The van der Waals surface area contributed by atoms with Gasteiger partial charge >= 0.3 is 5.97 Å². The number of esters is 1. The third kappa shape index (κ3) is 2.81. The van der Waals surface area contributed by atoms with Crippen molar-refractivity contribution in [3.8, 4) is 0 Å². The first-order valence-corrected chi connectivity index (χ1v) is 7.32. The highest BCUT2D eigenvalue weighted by Gasteiger charge is 2.35. The number of rotatable bonds is 3. The van der Waals surface area contributed by atoms with Crippen molar-refractivity contribution >= 4 is 41.0 Å². The van der Waals surface area contributed by atoms with Gasteiger partial charge in [0.1, 0.15) is 0 Å². The summed E-state index contributed by atoms with van der Waals surface area (Å²) in [7, 11) is 0. The Morgan fingerprint density at radius 3 is 2.17 bits per heavy atom. The van der Waals surface area contributed by atoms with Gasteiger partial charge in [-0.1, -0.05) is 35.3 Å². The molecular formula is C16H9Cl2NO4. The van der Waals surface area contributed by atoms with Crippen LogP contribution in [0.2, 0.25) is 10.0 Å². The summed E-state index contributed by atoms with van der Waals surface area (Å²) >= 11 is 11.7. The first-order chi connectivity index (χ1) is 11.0. The first kappa shape index (κ1) is 15.5. The summed E-state index contributed by atoms with van der Waals surface area (Å²) < 4.78 is 5.02. The van der Waals surface area contributed by atoms with Gasteiger partial charge in [-0.05, 0) is 30.3 Å². The summed E-state index contributed by atoms with van der Waals surface area (Å²) in [4.78, 5) is 37.2. The van der Waals surface area contributed by atoms with Crippen LogP contribution in [-0.2, 0) is 4.74 Å². The van der Waals surface area contributed by atoms with Gasteiger partial charge in [0.05, 0.1) is 21.7 Å². The smallest absolute Gasteiger partial charge is 0.341 e. The van der Waals surface area contributed by atoms with Crippen LogP contribution in [0.3, 0.4) is 0 Å². The Balaban J connectivity index is 1.73. The van der Waals surface area contributed by atoms with Gasteiger partial charge in [0.2, 0.25) is 0 Å². The number of ether oxygens (including phenoxy) is 1. The highest BCUT2D eigenvalue weighted by atomic mass is 35.5. The van der Waals surface area contributed by atoms with E-state index in [2.05, 4.69) is 0 Å². The van der Waals surface area contributed by atoms with E-state index in [1.165, 1.54) is 18.2 Å². The number of hydrogen-bond donors (Lipinski definition) is 0. The summed E-state index contributed by atoms with van der Waals surface area (Å²) in [5.74, 6) is -1.75. The van der Waals surface area contributed by atoms with Crippen LogP contribution in [-0.4, -0.2) is 29.4 Å². The van der Waals surface area contributed by atoms with E-state index in [4.69, 9.17) is 27.9 Å². The Bertz CT molecular complexity index is 800. The molecule has 2 amide bonds. The van der Waals surface area contributed by atoms with Crippen molar-refractivity contribution < 1.29 is 19.1 Å². The number of nitrogens with zero attached hydrogens (tertiary/aromatic N) is 1. The van der Waals surface area contributed by atoms with Crippen molar-refractivity contribution in [3.05, 3.63) is 69.2 Å². The third-order valence-corrected chi connectivity index (χ3v) is 3.90. The summed E-state index contributed by atoms with van der Waals surface area (Å²) in [6.45, 7) is -0.482. The van der Waals surface area contributed by atoms with E-state index in [-0.39, 0.29) is 21.7 Å². The van der Waals surface area contributed by atoms with E-state index in [1.54, 1.807) is 24.3 Å². The predicted molar refractivity (Wildman–Crippen MR) is 83.7 cm³/mol. The van der Waals surface area contributed by atoms with E-state index in [1.807, 2.05) is 0 Å². The Morgan fingerprint density at radius 2 is 1.61 bits per heavy atom. The fourth-order valence-corrected chi connectivity index (χ4v) is 2.70. The number of amides is 2. The molecule has 0 atom stereocenters. The number of carbonyl (C=O) groups excluding carboxylic acids is 3. The van der Waals surface area contributed by atoms with Crippen LogP contribution in [0.25, 0.3) is 0 Å². The van der Waals surface area contributed by atoms with Gasteiger partial charge in [0, 0.05) is 5.02 Å². The van der Waals surface area contributed by atoms with E-state index in [0.29, 0.717) is 5.02 Å². The fraction of sp³-hybridized carbons (Fsp3) is 0.0625. The minimum atomic E-state index is -0.747. The van der Waals surface area contributed by atoms with Crippen LogP contribution >= 0.6 is 23.2 Å². The van der Waals surface area contributed by atoms with E-state index in [9.17, 15) is 14.4 Å². The maximum absolute atomic E-state index is 12.1. The van der Waals surface area contributed by atoms with Gasteiger partial charge in [0.15, 0.2) is 6.73 Å². The summed E-state index contributed by atoms with van der Waals surface area (Å²) in [5.41, 5.74) is 0.684. The van der Waals surface area contributed by atoms with Crippen molar-refractivity contribution in [3.63, 3.8) is 0 Å². The molecule has 0 aromatic heterocycles. The molecule has 1 aliphatic rings. The molecule has 0 unspecified atom stereocenters. The molecule has 2 aromatic carbocycles. The second-order valence-corrected chi connectivity index (χ2v) is 5.61. The second kappa shape index (κ2) is 6.02. The Labute approximate surface area is 141 Å². The van der Waals surface area contributed by atoms with Crippen LogP contribution in [0.5, 0.6) is 0 Å². The Kier molecular flexibility index (Phi) is 4.07. The third-order valence-electron chi connectivity index (χ3n) is 3.35. The minimum absolute atomic E-state index is 0.104. The Hall–Kier alpha value is -2.37. The van der Waals surface area contributed by atoms with Crippen LogP contribution in [0.1, 0.15) is 31.1 Å². The van der Waals surface area contributed by atoms with Crippen LogP contribution in [0.15, 0.2) is 42.5 Å². The average molecular weight is 350 g/mol. The normalized spacial score (nSPS) is 13.2. The molecule has 7 heteroatoms. The second-order valence-electron chi connectivity index (χ2n) is 4.77. The summed E-state index contributed by atoms with van der Waals surface area (Å²) in [6, 6.07) is 10.7. The molecule has 116 valence electrons. The summed E-state index contributed by atoms with van der Waals surface area (Å²) in [5, 5.41) is 0.511. The van der Waals surface area contributed by atoms with Gasteiger partial charge < -0.3 is 4.74 Å². The molecule has 1 aliphatic heterocycles. The molecular weight excluding hydrogens is 341 g/mol. The molecule has 0 N–H and O–H groups in total. The first-order valence-electron chi connectivity index (χ1n) is 6.56. The number of carbonyl (C=O) groups is 3. The predicted octanol–water partition coefficient (Wildman–Crippen LogP) is 3.40. The lowest BCUT2D eigenvalue weighted by atomic mass is 10.1. The van der Waals surface area contributed by atoms with Gasteiger partial charge in [-0.2, -0.15) is 0 Å². The monoisotopic (exact) mass is 349 g/mol. The number of halogens is 2. The number of hydrogen-bond acceptors (Lipinski definition) is 4. The quantitative estimate of drug-likeness (QED) is 0.629. The SMILES string of the molecule is O=C(OCN1C(=O)c2ccccc2C1=O)c1ccc(Cl)cc1Cl. The van der Waals surface area contributed by atoms with Crippen molar-refractivity contribution in [2.75, 3.05) is 6.73 Å². The molecule has 23 heavy (non-hydrogen) atoms. The topological polar surface area (TPSA) is 63.7 Å². The molecule has 0 bridgehead atoms. The number of benzene rings is 2. The largest absolute Gasteiger partial charge is 0.440 e. The van der Waals surface area contributed by atoms with Gasteiger partial charge in [-0.25, -0.2) is 9.69 Å². The van der Waals surface area contributed by atoms with Crippen LogP contribution < -0.4 is 0 Å². The van der Waals surface area contributed by atoms with E-state index >= 15 is 0 Å². The molecule has 0 aliphatic carbocycles. The number of fused-ring (bicyclic) bond motifs is 1. The van der Waals surface area contributed by atoms with Crippen molar-refractivity contribution in [2.45, 2.75) is 0 Å². The van der Waals surface area contributed by atoms with Crippen molar-refractivity contribution in [1.82, 2.24) is 4.90 Å². The standard InChI is InChI=1S/C16H9Cl2NO4/c17-9-5-6-12(13(18)7-9)16(22)23-8-19-14(20)10-3-1-2-4-11(10)15(19)21/h1-7H,8H2. The zero-order chi connectivity index (χ0) is 16.6. The van der Waals surface area contributed by atoms with Crippen molar-refractivity contribution in [2.24, 2.45) is 0 Å². The zero-order valence-electron chi connectivity index (χ0n) is 11.6. The average Bonchev–Trinajstić information content (AvgIpc) is 2.77. The van der Waals surface area contributed by atoms with Gasteiger partial charge in [-0.3, -0.25) is 9.59 Å². The molecule has 0 radical (unpaired) electrons. The lowest BCUT2D eigenvalue weighted by molar-refractivity contribution is 0.0228. The molecule has 5 nitrogen and oxygen atoms in total. The van der Waals surface area contributed by atoms with E-state index in [0.717, 1.165) is 4.90 Å². The molecule has 0 fully saturated rings. The summed E-state index contributed by atoms with van der Waals surface area (Å²) in [6.07, 6.45) is 0. The minimum Gasteiger partial charge on any atom is -0.440 e. The highest BCUT2D eigenvalue weighted by molar-refractivity contribution is 6.36. The number of imide groups is 1. The maximum Gasteiger partial charge on any atom is 0.341 e.